The van der Waals surface area contributed by atoms with Crippen LogP contribution in [0, 0.1) is 0 Å². The largest absolute Gasteiger partial charge is 0.398 e. The van der Waals surface area contributed by atoms with Gasteiger partial charge in [0.25, 0.3) is 10.0 Å². The second-order valence-electron chi connectivity index (χ2n) is 3.38. The molecule has 9 heteroatoms. The minimum atomic E-state index is -3.90. The molecule has 6 nitrogen and oxygen atoms in total. The molecule has 0 unspecified atom stereocenters. The van der Waals surface area contributed by atoms with E-state index in [1.165, 1.54) is 24.4 Å². The van der Waals surface area contributed by atoms with Crippen molar-refractivity contribution in [2.45, 2.75) is 4.90 Å². The van der Waals surface area contributed by atoms with Crippen LogP contribution in [0.2, 0.25) is 10.0 Å². The molecular formula is C9H8Cl2N4O2S. The summed E-state index contributed by atoms with van der Waals surface area (Å²) in [5, 5.41) is 6.30. The normalized spacial score (nSPS) is 11.4. The van der Waals surface area contributed by atoms with Gasteiger partial charge in [-0.1, -0.05) is 23.2 Å². The molecule has 2 aromatic rings. The van der Waals surface area contributed by atoms with Crippen LogP contribution in [0.1, 0.15) is 0 Å². The van der Waals surface area contributed by atoms with Crippen LogP contribution in [0.25, 0.3) is 0 Å². The number of nitrogens with two attached hydrogens (primary N) is 1. The zero-order chi connectivity index (χ0) is 13.3. The minimum absolute atomic E-state index is 0.0282. The summed E-state index contributed by atoms with van der Waals surface area (Å²) in [6.07, 6.45) is 1.41. The van der Waals surface area contributed by atoms with Crippen molar-refractivity contribution in [2.24, 2.45) is 0 Å². The zero-order valence-electron chi connectivity index (χ0n) is 8.81. The molecule has 0 spiro atoms. The lowest BCUT2D eigenvalue weighted by Crippen LogP contribution is -2.15. The monoisotopic (exact) mass is 306 g/mol. The minimum Gasteiger partial charge on any atom is -0.398 e. The number of nitrogens with zero attached hydrogens (tertiary/aromatic N) is 1. The second-order valence-corrected chi connectivity index (χ2v) is 5.84. The van der Waals surface area contributed by atoms with E-state index in [-0.39, 0.29) is 26.4 Å². The average Bonchev–Trinajstić information content (AvgIpc) is 2.66. The molecule has 4 N–H and O–H groups in total. The molecule has 0 radical (unpaired) electrons. The standard InChI is InChI=1S/C9H8Cl2N4O2S/c10-5-3-6(11)9(7(12)4-5)18(16,17)15-8-1-2-13-14-8/h1-4H,12H2,(H2,13,14,15). The first kappa shape index (κ1) is 13.0. The smallest absolute Gasteiger partial charge is 0.266 e. The summed E-state index contributed by atoms with van der Waals surface area (Å²) in [4.78, 5) is -0.219. The fourth-order valence-electron chi connectivity index (χ4n) is 1.37. The summed E-state index contributed by atoms with van der Waals surface area (Å²) in [6, 6.07) is 4.08. The third kappa shape index (κ3) is 2.53. The van der Waals surface area contributed by atoms with Gasteiger partial charge in [0.15, 0.2) is 0 Å². The van der Waals surface area contributed by atoms with Crippen LogP contribution in [0.5, 0.6) is 0 Å². The Balaban J connectivity index is 2.48. The number of nitrogen functional groups attached to an aromatic ring is 1. The maximum absolute atomic E-state index is 12.1. The van der Waals surface area contributed by atoms with Gasteiger partial charge in [-0.3, -0.25) is 9.82 Å². The van der Waals surface area contributed by atoms with Crippen LogP contribution in [0.3, 0.4) is 0 Å². The molecule has 0 aliphatic carbocycles. The Morgan fingerprint density at radius 1 is 1.33 bits per heavy atom. The van der Waals surface area contributed by atoms with Gasteiger partial charge >= 0.3 is 0 Å². The van der Waals surface area contributed by atoms with Gasteiger partial charge in [0.05, 0.1) is 16.9 Å². The predicted molar refractivity (Wildman–Crippen MR) is 70.3 cm³/mol. The molecule has 0 amide bonds. The Kier molecular flexibility index (Phi) is 3.38. The van der Waals surface area contributed by atoms with E-state index in [2.05, 4.69) is 14.9 Å². The number of aromatic amines is 1. The first-order valence-corrected chi connectivity index (χ1v) is 6.91. The number of nitrogens with one attached hydrogen (secondary N) is 2. The highest BCUT2D eigenvalue weighted by molar-refractivity contribution is 7.93. The Bertz CT molecular complexity index is 647. The van der Waals surface area contributed by atoms with E-state index in [9.17, 15) is 8.42 Å². The number of rotatable bonds is 3. The molecule has 0 aliphatic heterocycles. The molecule has 18 heavy (non-hydrogen) atoms. The van der Waals surface area contributed by atoms with Crippen molar-refractivity contribution < 1.29 is 8.42 Å². The van der Waals surface area contributed by atoms with Crippen LogP contribution >= 0.6 is 23.2 Å². The highest BCUT2D eigenvalue weighted by Crippen LogP contribution is 2.31. The fraction of sp³-hybridized carbons (Fsp3) is 0. The molecule has 1 aromatic heterocycles. The maximum atomic E-state index is 12.1. The lowest BCUT2D eigenvalue weighted by molar-refractivity contribution is 0.601. The maximum Gasteiger partial charge on any atom is 0.266 e. The predicted octanol–water partition coefficient (Wildman–Crippen LogP) is 2.10. The van der Waals surface area contributed by atoms with Crippen LogP contribution in [-0.4, -0.2) is 18.6 Å². The zero-order valence-corrected chi connectivity index (χ0v) is 11.1. The molecule has 2 rings (SSSR count). The summed E-state index contributed by atoms with van der Waals surface area (Å²) in [7, 11) is -3.90. The second kappa shape index (κ2) is 4.68. The molecule has 1 heterocycles. The van der Waals surface area contributed by atoms with Crippen LogP contribution in [0.4, 0.5) is 11.5 Å². The van der Waals surface area contributed by atoms with Gasteiger partial charge in [0, 0.05) is 11.1 Å². The molecule has 0 aliphatic rings. The van der Waals surface area contributed by atoms with E-state index in [1.54, 1.807) is 0 Å². The molecule has 0 fully saturated rings. The third-order valence-corrected chi connectivity index (χ3v) is 4.16. The molecule has 96 valence electrons. The molecule has 0 saturated heterocycles. The lowest BCUT2D eigenvalue weighted by atomic mass is 10.3. The SMILES string of the molecule is Nc1cc(Cl)cc(Cl)c1S(=O)(=O)Nc1ccn[nH]1. The van der Waals surface area contributed by atoms with E-state index >= 15 is 0 Å². The van der Waals surface area contributed by atoms with Gasteiger partial charge in [-0.2, -0.15) is 5.10 Å². The highest BCUT2D eigenvalue weighted by Gasteiger charge is 2.22. The van der Waals surface area contributed by atoms with Crippen molar-refractivity contribution in [1.29, 1.82) is 0 Å². The third-order valence-electron chi connectivity index (χ3n) is 2.05. The number of hydrogen-bond donors (Lipinski definition) is 3. The molecule has 1 aromatic carbocycles. The highest BCUT2D eigenvalue weighted by atomic mass is 35.5. The fourth-order valence-corrected chi connectivity index (χ4v) is 3.38. The number of anilines is 2. The van der Waals surface area contributed by atoms with Crippen LogP contribution in [-0.2, 0) is 10.0 Å². The topological polar surface area (TPSA) is 101 Å². The van der Waals surface area contributed by atoms with E-state index < -0.39 is 10.0 Å². The van der Waals surface area contributed by atoms with Crippen molar-refractivity contribution >= 4 is 44.7 Å². The van der Waals surface area contributed by atoms with Gasteiger partial charge in [0.2, 0.25) is 0 Å². The summed E-state index contributed by atoms with van der Waals surface area (Å²) >= 11 is 11.6. The van der Waals surface area contributed by atoms with Gasteiger partial charge in [0.1, 0.15) is 10.7 Å². The quantitative estimate of drug-likeness (QED) is 0.756. The Morgan fingerprint density at radius 2 is 2.06 bits per heavy atom. The number of aromatic nitrogens is 2. The summed E-state index contributed by atoms with van der Waals surface area (Å²) in [6.45, 7) is 0. The Morgan fingerprint density at radius 3 is 2.61 bits per heavy atom. The summed E-state index contributed by atoms with van der Waals surface area (Å²) < 4.78 is 26.4. The average molecular weight is 307 g/mol. The van der Waals surface area contributed by atoms with Crippen molar-refractivity contribution in [3.05, 3.63) is 34.4 Å². The lowest BCUT2D eigenvalue weighted by Gasteiger charge is -2.10. The summed E-state index contributed by atoms with van der Waals surface area (Å²) in [5.74, 6) is 0.209. The molecule has 0 saturated carbocycles. The van der Waals surface area contributed by atoms with Crippen LogP contribution < -0.4 is 10.5 Å². The molecule has 0 atom stereocenters. The van der Waals surface area contributed by atoms with E-state index in [1.807, 2.05) is 0 Å². The van der Waals surface area contributed by atoms with E-state index in [0.29, 0.717) is 0 Å². The number of halogens is 2. The Hall–Kier alpha value is -1.44. The van der Waals surface area contributed by atoms with Crippen LogP contribution in [0.15, 0.2) is 29.3 Å². The number of benzene rings is 1. The van der Waals surface area contributed by atoms with Crippen molar-refractivity contribution in [3.63, 3.8) is 0 Å². The van der Waals surface area contributed by atoms with Crippen molar-refractivity contribution in [1.82, 2.24) is 10.2 Å². The Labute approximate surface area is 113 Å². The van der Waals surface area contributed by atoms with Gasteiger partial charge in [-0.25, -0.2) is 8.42 Å². The molecular weight excluding hydrogens is 299 g/mol. The molecule has 0 bridgehead atoms. The number of H-pyrrole nitrogens is 1. The van der Waals surface area contributed by atoms with E-state index in [4.69, 9.17) is 28.9 Å². The van der Waals surface area contributed by atoms with Gasteiger partial charge < -0.3 is 5.73 Å². The van der Waals surface area contributed by atoms with Gasteiger partial charge in [-0.15, -0.1) is 0 Å². The van der Waals surface area contributed by atoms with Gasteiger partial charge in [-0.05, 0) is 12.1 Å². The number of hydrogen-bond acceptors (Lipinski definition) is 4. The van der Waals surface area contributed by atoms with Crippen molar-refractivity contribution in [2.75, 3.05) is 10.5 Å². The van der Waals surface area contributed by atoms with Crippen molar-refractivity contribution in [3.8, 4) is 0 Å². The first-order valence-electron chi connectivity index (χ1n) is 4.67. The number of sulfonamides is 1. The van der Waals surface area contributed by atoms with E-state index in [0.717, 1.165) is 0 Å². The summed E-state index contributed by atoms with van der Waals surface area (Å²) in [5.41, 5.74) is 5.60. The first-order chi connectivity index (χ1) is 8.40.